The van der Waals surface area contributed by atoms with Crippen molar-refractivity contribution in [3.05, 3.63) is 121 Å². The van der Waals surface area contributed by atoms with Crippen LogP contribution in [0.15, 0.2) is 82.1 Å². The summed E-state index contributed by atoms with van der Waals surface area (Å²) in [6.07, 6.45) is -2.04. The molecule has 9 heteroatoms. The summed E-state index contributed by atoms with van der Waals surface area (Å²) in [5.74, 6) is 0.531. The molecule has 3 aromatic carbocycles. The quantitative estimate of drug-likeness (QED) is 0.284. The van der Waals surface area contributed by atoms with Gasteiger partial charge in [0.25, 0.3) is 5.56 Å². The zero-order valence-corrected chi connectivity index (χ0v) is 23.0. The molecule has 4 aromatic rings. The Bertz CT molecular complexity index is 1680. The van der Waals surface area contributed by atoms with E-state index < -0.39 is 11.7 Å². The second-order valence-electron chi connectivity index (χ2n) is 10.5. The van der Waals surface area contributed by atoms with Gasteiger partial charge < -0.3 is 9.88 Å². The second kappa shape index (κ2) is 10.0. The van der Waals surface area contributed by atoms with Gasteiger partial charge in [0.15, 0.2) is 0 Å². The van der Waals surface area contributed by atoms with E-state index in [0.29, 0.717) is 41.0 Å². The van der Waals surface area contributed by atoms with E-state index in [2.05, 4.69) is 33.0 Å². The van der Waals surface area contributed by atoms with E-state index in [4.69, 9.17) is 4.98 Å². The predicted octanol–water partition coefficient (Wildman–Crippen LogP) is 6.43. The first kappa shape index (κ1) is 26.5. The van der Waals surface area contributed by atoms with Crippen LogP contribution < -0.4 is 5.56 Å². The number of nitrogens with one attached hydrogen (secondary N) is 1. The monoisotopic (exact) mass is 607 g/mol. The lowest BCUT2D eigenvalue weighted by molar-refractivity contribution is -0.137. The summed E-state index contributed by atoms with van der Waals surface area (Å²) in [5.41, 5.74) is 2.86. The van der Waals surface area contributed by atoms with Crippen LogP contribution in [0.2, 0.25) is 0 Å². The van der Waals surface area contributed by atoms with E-state index in [1.54, 1.807) is 35.2 Å². The zero-order valence-electron chi connectivity index (χ0n) is 21.4. The molecule has 1 N–H and O–H groups in total. The van der Waals surface area contributed by atoms with Crippen molar-refractivity contribution in [1.82, 2.24) is 14.9 Å². The first-order valence-corrected chi connectivity index (χ1v) is 13.8. The van der Waals surface area contributed by atoms with Crippen LogP contribution in [0, 0.1) is 0 Å². The third kappa shape index (κ3) is 5.10. The molecule has 1 aromatic heterocycles. The van der Waals surface area contributed by atoms with Gasteiger partial charge in [-0.25, -0.2) is 4.98 Å². The number of hydrogen-bond donors (Lipinski definition) is 1. The number of carbonyl (C=O) groups is 1. The van der Waals surface area contributed by atoms with Crippen molar-refractivity contribution in [1.29, 1.82) is 0 Å². The molecular weight excluding hydrogens is 583 g/mol. The maximum atomic E-state index is 13.2. The summed E-state index contributed by atoms with van der Waals surface area (Å²) in [6, 6.07) is 20.2. The average molecular weight is 608 g/mol. The van der Waals surface area contributed by atoms with E-state index in [1.165, 1.54) is 6.07 Å². The smallest absolute Gasteiger partial charge is 0.337 e. The summed E-state index contributed by atoms with van der Waals surface area (Å²) < 4.78 is 40.5. The van der Waals surface area contributed by atoms with E-state index >= 15 is 0 Å². The van der Waals surface area contributed by atoms with Crippen LogP contribution in [0.1, 0.15) is 46.6 Å². The van der Waals surface area contributed by atoms with Crippen molar-refractivity contribution in [3.63, 3.8) is 0 Å². The maximum absolute atomic E-state index is 13.2. The molecule has 0 bridgehead atoms. The van der Waals surface area contributed by atoms with Gasteiger partial charge in [-0.3, -0.25) is 9.59 Å². The number of rotatable bonds is 5. The average Bonchev–Trinajstić information content (AvgIpc) is 3.75. The summed E-state index contributed by atoms with van der Waals surface area (Å²) >= 11 is 3.53. The minimum absolute atomic E-state index is 0.0809. The number of nitrogens with zero attached hydrogens (tertiary/aromatic N) is 2. The molecule has 204 valence electrons. The largest absolute Gasteiger partial charge is 0.416 e. The molecule has 1 fully saturated rings. The Morgan fingerprint density at radius 1 is 1.00 bits per heavy atom. The molecule has 1 aliphatic heterocycles. The molecule has 5 nitrogen and oxygen atoms in total. The lowest BCUT2D eigenvalue weighted by Crippen LogP contribution is -2.41. The number of carbonyl (C=O) groups excluding carboxylic acids is 1. The van der Waals surface area contributed by atoms with E-state index in [0.717, 1.165) is 40.7 Å². The topological polar surface area (TPSA) is 66.1 Å². The molecule has 6 rings (SSSR count). The first-order valence-electron chi connectivity index (χ1n) is 13.1. The number of halogens is 4. The third-order valence-electron chi connectivity index (χ3n) is 7.81. The third-order valence-corrected chi connectivity index (χ3v) is 8.30. The lowest BCUT2D eigenvalue weighted by Gasteiger charge is -2.29. The SMILES string of the molecule is O=C(Cc1cccc(-c2cccc(C(F)(F)F)c2)c1)N1CCc2nc(C3(c4cccc(Br)c4)CC3)[nH]c(=O)c2C1. The molecule has 0 unspecified atom stereocenters. The molecule has 0 radical (unpaired) electrons. The molecule has 2 aliphatic rings. The Kier molecular flexibility index (Phi) is 6.65. The van der Waals surface area contributed by atoms with Crippen molar-refractivity contribution in [2.45, 2.75) is 43.8 Å². The fourth-order valence-electron chi connectivity index (χ4n) is 5.46. The van der Waals surface area contributed by atoms with Crippen molar-refractivity contribution in [2.75, 3.05) is 6.54 Å². The molecule has 0 saturated heterocycles. The minimum atomic E-state index is -4.43. The van der Waals surface area contributed by atoms with Gasteiger partial charge in [0.2, 0.25) is 5.91 Å². The number of aromatic amines is 1. The van der Waals surface area contributed by atoms with Crippen molar-refractivity contribution in [3.8, 4) is 11.1 Å². The van der Waals surface area contributed by atoms with Gasteiger partial charge >= 0.3 is 6.18 Å². The lowest BCUT2D eigenvalue weighted by atomic mass is 9.94. The Morgan fingerprint density at radius 2 is 1.73 bits per heavy atom. The van der Waals surface area contributed by atoms with Crippen LogP contribution in [0.3, 0.4) is 0 Å². The Morgan fingerprint density at radius 3 is 2.45 bits per heavy atom. The fourth-order valence-corrected chi connectivity index (χ4v) is 5.86. The molecule has 2 heterocycles. The van der Waals surface area contributed by atoms with Crippen LogP contribution in [0.4, 0.5) is 13.2 Å². The number of H-pyrrole nitrogens is 1. The molecule has 0 atom stereocenters. The van der Waals surface area contributed by atoms with E-state index in [9.17, 15) is 22.8 Å². The highest BCUT2D eigenvalue weighted by Gasteiger charge is 2.49. The highest BCUT2D eigenvalue weighted by atomic mass is 79.9. The second-order valence-corrected chi connectivity index (χ2v) is 11.4. The van der Waals surface area contributed by atoms with E-state index in [1.807, 2.05) is 12.1 Å². The van der Waals surface area contributed by atoms with Crippen LogP contribution in [-0.4, -0.2) is 27.3 Å². The van der Waals surface area contributed by atoms with E-state index in [-0.39, 0.29) is 29.8 Å². The highest BCUT2D eigenvalue weighted by molar-refractivity contribution is 9.10. The molecule has 1 saturated carbocycles. The van der Waals surface area contributed by atoms with Gasteiger partial charge in [-0.15, -0.1) is 0 Å². The Labute approximate surface area is 237 Å². The van der Waals surface area contributed by atoms with Crippen LogP contribution in [0.5, 0.6) is 0 Å². The number of amides is 1. The standard InChI is InChI=1S/C31H25BrF3N3O2/c32-24-9-3-7-22(17-24)30(11-12-30)29-36-26-10-13-38(18-25(26)28(40)37-29)27(39)15-19-4-1-5-20(14-19)21-6-2-8-23(16-21)31(33,34)35/h1-9,14,16-17H,10-13,15,18H2,(H,36,37,40). The van der Waals surface area contributed by atoms with Crippen LogP contribution >= 0.6 is 15.9 Å². The van der Waals surface area contributed by atoms with Crippen LogP contribution in [-0.2, 0) is 35.8 Å². The zero-order chi connectivity index (χ0) is 28.1. The number of benzene rings is 3. The summed E-state index contributed by atoms with van der Waals surface area (Å²) in [6.45, 7) is 0.618. The molecule has 0 spiro atoms. The molecular formula is C31H25BrF3N3O2. The molecule has 40 heavy (non-hydrogen) atoms. The molecule has 1 amide bonds. The van der Waals surface area contributed by atoms with Gasteiger partial charge in [-0.2, -0.15) is 13.2 Å². The highest BCUT2D eigenvalue weighted by Crippen LogP contribution is 2.52. The number of alkyl halides is 3. The Hall–Kier alpha value is -3.72. The van der Waals surface area contributed by atoms with Gasteiger partial charge in [-0.05, 0) is 59.4 Å². The van der Waals surface area contributed by atoms with Crippen molar-refractivity contribution >= 4 is 21.8 Å². The van der Waals surface area contributed by atoms with Crippen molar-refractivity contribution < 1.29 is 18.0 Å². The Balaban J connectivity index is 1.19. The van der Waals surface area contributed by atoms with Gasteiger partial charge in [0.05, 0.1) is 35.2 Å². The minimum Gasteiger partial charge on any atom is -0.337 e. The number of aromatic nitrogens is 2. The summed E-state index contributed by atoms with van der Waals surface area (Å²) in [5, 5.41) is 0. The van der Waals surface area contributed by atoms with Gasteiger partial charge in [0, 0.05) is 17.4 Å². The number of fused-ring (bicyclic) bond motifs is 1. The normalized spacial score (nSPS) is 15.9. The van der Waals surface area contributed by atoms with Gasteiger partial charge in [-0.1, -0.05) is 64.5 Å². The molecule has 1 aliphatic carbocycles. The predicted molar refractivity (Wildman–Crippen MR) is 149 cm³/mol. The summed E-state index contributed by atoms with van der Waals surface area (Å²) in [4.78, 5) is 35.9. The van der Waals surface area contributed by atoms with Gasteiger partial charge in [0.1, 0.15) is 5.82 Å². The van der Waals surface area contributed by atoms with Crippen molar-refractivity contribution in [2.24, 2.45) is 0 Å². The maximum Gasteiger partial charge on any atom is 0.416 e. The van der Waals surface area contributed by atoms with Crippen LogP contribution in [0.25, 0.3) is 11.1 Å². The first-order chi connectivity index (χ1) is 19.1. The number of hydrogen-bond acceptors (Lipinski definition) is 3. The fraction of sp³-hybridized carbons (Fsp3) is 0.258. The summed E-state index contributed by atoms with van der Waals surface area (Å²) in [7, 11) is 0.